The summed E-state index contributed by atoms with van der Waals surface area (Å²) in [5.41, 5.74) is 1.74. The minimum Gasteiger partial charge on any atom is -0.315 e. The zero-order chi connectivity index (χ0) is 14.9. The van der Waals surface area contributed by atoms with Crippen LogP contribution in [0.1, 0.15) is 71.6 Å². The summed E-state index contributed by atoms with van der Waals surface area (Å²) in [5.74, 6) is 1.69. The second-order valence-corrected chi connectivity index (χ2v) is 7.23. The molecule has 0 spiro atoms. The minimum absolute atomic E-state index is 0.701. The topological polar surface area (TPSA) is 24.1 Å². The largest absolute Gasteiger partial charge is 0.315 e. The highest BCUT2D eigenvalue weighted by atomic mass is 15.0. The van der Waals surface area contributed by atoms with Gasteiger partial charge in [0.05, 0.1) is 0 Å². The summed E-state index contributed by atoms with van der Waals surface area (Å²) in [7, 11) is 0. The maximum absolute atomic E-state index is 3.82. The normalized spacial score (nSPS) is 29.0. The van der Waals surface area contributed by atoms with Crippen molar-refractivity contribution in [1.82, 2.24) is 10.6 Å². The molecule has 1 saturated carbocycles. The fourth-order valence-electron chi connectivity index (χ4n) is 3.93. The Balaban J connectivity index is 1.60. The summed E-state index contributed by atoms with van der Waals surface area (Å²) in [6.07, 6.45) is 15.0. The van der Waals surface area contributed by atoms with E-state index in [1.165, 1.54) is 64.3 Å². The first-order valence-electron chi connectivity index (χ1n) is 9.43. The lowest BCUT2D eigenvalue weighted by atomic mass is 9.76. The maximum Gasteiger partial charge on any atom is 0.0130 e. The van der Waals surface area contributed by atoms with Crippen LogP contribution < -0.4 is 10.6 Å². The Bertz CT molecular complexity index is 301. The van der Waals surface area contributed by atoms with Gasteiger partial charge in [-0.25, -0.2) is 0 Å². The van der Waals surface area contributed by atoms with E-state index in [0.717, 1.165) is 19.0 Å². The Kier molecular flexibility index (Phi) is 7.81. The van der Waals surface area contributed by atoms with Gasteiger partial charge in [0.25, 0.3) is 0 Å². The first-order chi connectivity index (χ1) is 10.3. The molecule has 2 unspecified atom stereocenters. The van der Waals surface area contributed by atoms with Crippen LogP contribution in [0.5, 0.6) is 0 Å². The summed E-state index contributed by atoms with van der Waals surface area (Å²) in [5, 5.41) is 7.40. The monoisotopic (exact) mass is 292 g/mol. The van der Waals surface area contributed by atoms with E-state index < -0.39 is 0 Å². The highest BCUT2D eigenvalue weighted by molar-refractivity contribution is 5.11. The van der Waals surface area contributed by atoms with Gasteiger partial charge in [0.2, 0.25) is 0 Å². The second-order valence-electron chi connectivity index (χ2n) is 7.23. The van der Waals surface area contributed by atoms with Crippen molar-refractivity contribution in [2.75, 3.05) is 19.6 Å². The summed E-state index contributed by atoms with van der Waals surface area (Å²) in [4.78, 5) is 0. The van der Waals surface area contributed by atoms with E-state index >= 15 is 0 Å². The van der Waals surface area contributed by atoms with Gasteiger partial charge in [-0.3, -0.25) is 0 Å². The molecular weight excluding hydrogens is 256 g/mol. The second kappa shape index (κ2) is 9.63. The Morgan fingerprint density at radius 2 is 1.86 bits per heavy atom. The third-order valence-electron chi connectivity index (χ3n) is 5.38. The van der Waals surface area contributed by atoms with E-state index in [-0.39, 0.29) is 0 Å². The van der Waals surface area contributed by atoms with Crippen molar-refractivity contribution in [3.05, 3.63) is 11.6 Å². The molecule has 3 rings (SSSR count). The third-order valence-corrected chi connectivity index (χ3v) is 5.38. The number of hydrogen-bond donors (Lipinski definition) is 2. The van der Waals surface area contributed by atoms with Gasteiger partial charge in [-0.2, -0.15) is 0 Å². The molecule has 2 heteroatoms. The van der Waals surface area contributed by atoms with Gasteiger partial charge >= 0.3 is 0 Å². The highest BCUT2D eigenvalue weighted by Crippen LogP contribution is 2.36. The molecule has 0 aromatic rings. The van der Waals surface area contributed by atoms with Crippen molar-refractivity contribution in [1.29, 1.82) is 0 Å². The van der Waals surface area contributed by atoms with Crippen LogP contribution >= 0.6 is 0 Å². The van der Waals surface area contributed by atoms with Crippen LogP contribution in [0.15, 0.2) is 11.6 Å². The van der Waals surface area contributed by atoms with Gasteiger partial charge < -0.3 is 10.6 Å². The Hall–Kier alpha value is -0.340. The molecule has 0 amide bonds. The predicted octanol–water partition coefficient (Wildman–Crippen LogP) is 4.27. The standard InChI is InChI=1S/C19H36N2/c1-3-4-5-6-11-20-12-13-21-19-15-18-9-7-17(8-10-18)14-16(19)2/h14,16,18-21H,3-13,15H2,1-2H3. The SMILES string of the molecule is CCCCCCNCCNC1CC2CCC(=CC1C)CC2. The van der Waals surface area contributed by atoms with Gasteiger partial charge in [-0.1, -0.05) is 44.8 Å². The number of unbranched alkanes of at least 4 members (excludes halogenated alkanes) is 3. The van der Waals surface area contributed by atoms with Gasteiger partial charge in [-0.05, 0) is 56.9 Å². The van der Waals surface area contributed by atoms with Crippen LogP contribution in [0, 0.1) is 11.8 Å². The molecule has 1 fully saturated rings. The number of nitrogens with one attached hydrogen (secondary N) is 2. The number of rotatable bonds is 9. The average molecular weight is 293 g/mol. The van der Waals surface area contributed by atoms with Gasteiger partial charge in [0, 0.05) is 19.1 Å². The fraction of sp³-hybridized carbons (Fsp3) is 0.895. The van der Waals surface area contributed by atoms with E-state index in [2.05, 4.69) is 30.6 Å². The average Bonchev–Trinajstić information content (AvgIpc) is 2.48. The molecular formula is C19H36N2. The molecule has 0 aromatic heterocycles. The van der Waals surface area contributed by atoms with E-state index in [1.54, 1.807) is 5.57 Å². The lowest BCUT2D eigenvalue weighted by Gasteiger charge is -2.35. The molecule has 2 N–H and O–H groups in total. The van der Waals surface area contributed by atoms with E-state index in [0.29, 0.717) is 12.0 Å². The van der Waals surface area contributed by atoms with Crippen molar-refractivity contribution in [2.45, 2.75) is 77.7 Å². The van der Waals surface area contributed by atoms with Crippen molar-refractivity contribution in [3.63, 3.8) is 0 Å². The minimum atomic E-state index is 0.701. The molecule has 0 heterocycles. The van der Waals surface area contributed by atoms with Crippen LogP contribution in [-0.4, -0.2) is 25.7 Å². The van der Waals surface area contributed by atoms with Crippen molar-refractivity contribution >= 4 is 0 Å². The van der Waals surface area contributed by atoms with Crippen molar-refractivity contribution < 1.29 is 0 Å². The molecule has 21 heavy (non-hydrogen) atoms. The smallest absolute Gasteiger partial charge is 0.0130 e. The Morgan fingerprint density at radius 3 is 2.62 bits per heavy atom. The van der Waals surface area contributed by atoms with E-state index in [4.69, 9.17) is 0 Å². The quantitative estimate of drug-likeness (QED) is 0.490. The highest BCUT2D eigenvalue weighted by Gasteiger charge is 2.26. The van der Waals surface area contributed by atoms with Crippen LogP contribution in [0.4, 0.5) is 0 Å². The predicted molar refractivity (Wildman–Crippen MR) is 92.6 cm³/mol. The van der Waals surface area contributed by atoms with Crippen LogP contribution in [-0.2, 0) is 0 Å². The summed E-state index contributed by atoms with van der Waals surface area (Å²) < 4.78 is 0. The molecule has 3 aliphatic rings. The molecule has 3 aliphatic carbocycles. The first-order valence-corrected chi connectivity index (χ1v) is 9.43. The first kappa shape index (κ1) is 17.0. The number of allylic oxidation sites excluding steroid dienone is 1. The zero-order valence-corrected chi connectivity index (χ0v) is 14.3. The number of hydrogen-bond acceptors (Lipinski definition) is 2. The zero-order valence-electron chi connectivity index (χ0n) is 14.3. The van der Waals surface area contributed by atoms with Crippen molar-refractivity contribution in [3.8, 4) is 0 Å². The van der Waals surface area contributed by atoms with Gasteiger partial charge in [0.15, 0.2) is 0 Å². The van der Waals surface area contributed by atoms with Crippen LogP contribution in [0.3, 0.4) is 0 Å². The molecule has 2 bridgehead atoms. The molecule has 2 nitrogen and oxygen atoms in total. The number of fused-ring (bicyclic) bond motifs is 5. The third kappa shape index (κ3) is 6.12. The molecule has 0 aromatic carbocycles. The van der Waals surface area contributed by atoms with Gasteiger partial charge in [0.1, 0.15) is 0 Å². The maximum atomic E-state index is 3.82. The fourth-order valence-corrected chi connectivity index (χ4v) is 3.93. The molecule has 0 aliphatic heterocycles. The van der Waals surface area contributed by atoms with Crippen LogP contribution in [0.25, 0.3) is 0 Å². The summed E-state index contributed by atoms with van der Waals surface area (Å²) >= 11 is 0. The lowest BCUT2D eigenvalue weighted by molar-refractivity contribution is 0.280. The summed E-state index contributed by atoms with van der Waals surface area (Å²) in [6, 6.07) is 0.701. The molecule has 122 valence electrons. The molecule has 0 saturated heterocycles. The lowest BCUT2D eigenvalue weighted by Crippen LogP contribution is -2.41. The van der Waals surface area contributed by atoms with Gasteiger partial charge in [-0.15, -0.1) is 0 Å². The van der Waals surface area contributed by atoms with E-state index in [9.17, 15) is 0 Å². The Morgan fingerprint density at radius 1 is 1.05 bits per heavy atom. The van der Waals surface area contributed by atoms with E-state index in [1.807, 2.05) is 0 Å². The van der Waals surface area contributed by atoms with Crippen LogP contribution in [0.2, 0.25) is 0 Å². The molecule has 0 radical (unpaired) electrons. The van der Waals surface area contributed by atoms with Crippen molar-refractivity contribution in [2.24, 2.45) is 11.8 Å². The summed E-state index contributed by atoms with van der Waals surface area (Å²) in [6.45, 7) is 8.11. The Labute approximate surface area is 132 Å². The molecule has 2 atom stereocenters.